The second kappa shape index (κ2) is 7.94. The van der Waals surface area contributed by atoms with Crippen LogP contribution in [0.5, 0.6) is 0 Å². The van der Waals surface area contributed by atoms with Crippen molar-refractivity contribution in [3.05, 3.63) is 47.4 Å². The summed E-state index contributed by atoms with van der Waals surface area (Å²) in [5.41, 5.74) is 6.01. The van der Waals surface area contributed by atoms with Gasteiger partial charge in [-0.15, -0.1) is 5.10 Å². The number of carbonyl (C=O) groups excluding carboxylic acids is 1. The van der Waals surface area contributed by atoms with Crippen LogP contribution in [0.1, 0.15) is 28.8 Å². The lowest BCUT2D eigenvalue weighted by molar-refractivity contribution is -0.197. The van der Waals surface area contributed by atoms with Gasteiger partial charge in [-0.2, -0.15) is 4.98 Å². The lowest BCUT2D eigenvalue weighted by atomic mass is 9.76. The molecule has 4 rings (SSSR count). The second-order valence-corrected chi connectivity index (χ2v) is 8.22. The maximum absolute atomic E-state index is 15.3. The van der Waals surface area contributed by atoms with Crippen molar-refractivity contribution in [3.8, 4) is 11.1 Å². The van der Waals surface area contributed by atoms with E-state index in [0.717, 1.165) is 0 Å². The minimum Gasteiger partial charge on any atom is -0.386 e. The first-order valence-corrected chi connectivity index (χ1v) is 10.0. The topological polar surface area (TPSA) is 106 Å². The predicted octanol–water partition coefficient (Wildman–Crippen LogP) is 3.20. The number of hydrogen-bond acceptors (Lipinski definition) is 5. The molecule has 1 atom stereocenters. The number of nitrogens with one attached hydrogen (secondary N) is 1. The first-order chi connectivity index (χ1) is 15.4. The van der Waals surface area contributed by atoms with E-state index in [2.05, 4.69) is 10.1 Å². The van der Waals surface area contributed by atoms with E-state index in [4.69, 9.17) is 5.73 Å². The van der Waals surface area contributed by atoms with Crippen molar-refractivity contribution in [2.24, 2.45) is 5.92 Å². The number of rotatable bonds is 6. The molecule has 33 heavy (non-hydrogen) atoms. The molecule has 3 aromatic rings. The Hall–Kier alpha value is -3.28. The van der Waals surface area contributed by atoms with Crippen LogP contribution in [-0.2, 0) is 0 Å². The average Bonchev–Trinajstić information content (AvgIpc) is 3.09. The summed E-state index contributed by atoms with van der Waals surface area (Å²) in [5.74, 6) is -10.3. The molecule has 0 radical (unpaired) electrons. The van der Waals surface area contributed by atoms with E-state index in [0.29, 0.717) is 11.2 Å². The summed E-state index contributed by atoms with van der Waals surface area (Å²) in [4.78, 5) is 16.6. The number of amides is 1. The standard InChI is InChI=1S/C21H20F5N5O2/c1-10-2-3-13(11-4-5-31-14(6-11)29-19(27)30-31)16(22)15(10)18(33)28-9-21(25,26)17(32)12-7-20(23,24)8-12/h2-6,12,17,32H,7-9H2,1H3,(H2,27,30)(H,28,33). The van der Waals surface area contributed by atoms with Gasteiger partial charge in [0.2, 0.25) is 11.9 Å². The zero-order chi connectivity index (χ0) is 24.1. The van der Waals surface area contributed by atoms with Gasteiger partial charge < -0.3 is 16.2 Å². The molecule has 0 spiro atoms. The van der Waals surface area contributed by atoms with Gasteiger partial charge in [-0.1, -0.05) is 12.1 Å². The molecule has 0 bridgehead atoms. The van der Waals surface area contributed by atoms with Crippen molar-refractivity contribution >= 4 is 17.5 Å². The number of fused-ring (bicyclic) bond motifs is 1. The van der Waals surface area contributed by atoms with Crippen LogP contribution in [-0.4, -0.2) is 50.1 Å². The van der Waals surface area contributed by atoms with Gasteiger partial charge in [0, 0.05) is 30.5 Å². The lowest BCUT2D eigenvalue weighted by Gasteiger charge is -2.40. The minimum atomic E-state index is -3.86. The van der Waals surface area contributed by atoms with Gasteiger partial charge in [0.05, 0.1) is 12.1 Å². The molecular formula is C21H20F5N5O2. The Bertz CT molecular complexity index is 1220. The largest absolute Gasteiger partial charge is 0.386 e. The van der Waals surface area contributed by atoms with Crippen LogP contribution in [0, 0.1) is 18.7 Å². The number of hydrogen-bond donors (Lipinski definition) is 3. The quantitative estimate of drug-likeness (QED) is 0.481. The van der Waals surface area contributed by atoms with Crippen LogP contribution in [0.3, 0.4) is 0 Å². The molecule has 1 aliphatic rings. The Labute approximate surface area is 184 Å². The molecular weight excluding hydrogens is 449 g/mol. The highest BCUT2D eigenvalue weighted by molar-refractivity contribution is 5.97. The maximum atomic E-state index is 15.3. The number of nitrogens with zero attached hydrogens (tertiary/aromatic N) is 3. The van der Waals surface area contributed by atoms with E-state index in [1.165, 1.54) is 41.9 Å². The number of anilines is 1. The third-order valence-electron chi connectivity index (χ3n) is 5.73. The number of halogens is 5. The van der Waals surface area contributed by atoms with E-state index in [-0.39, 0.29) is 17.1 Å². The average molecular weight is 469 g/mol. The zero-order valence-electron chi connectivity index (χ0n) is 17.3. The molecule has 2 aromatic heterocycles. The Kier molecular flexibility index (Phi) is 5.51. The van der Waals surface area contributed by atoms with Gasteiger partial charge in [-0.25, -0.2) is 26.5 Å². The summed E-state index contributed by atoms with van der Waals surface area (Å²) in [7, 11) is 0. The molecule has 1 fully saturated rings. The van der Waals surface area contributed by atoms with Crippen LogP contribution < -0.4 is 11.1 Å². The van der Waals surface area contributed by atoms with E-state index < -0.39 is 60.5 Å². The highest BCUT2D eigenvalue weighted by Gasteiger charge is 2.55. The van der Waals surface area contributed by atoms with Crippen LogP contribution >= 0.6 is 0 Å². The van der Waals surface area contributed by atoms with E-state index in [1.807, 2.05) is 5.32 Å². The third kappa shape index (κ3) is 4.34. The number of benzene rings is 1. The minimum absolute atomic E-state index is 0.0188. The van der Waals surface area contributed by atoms with E-state index >= 15 is 4.39 Å². The molecule has 1 saturated carbocycles. The van der Waals surface area contributed by atoms with Gasteiger partial charge in [0.1, 0.15) is 11.9 Å². The number of nitrogen functional groups attached to an aromatic ring is 1. The summed E-state index contributed by atoms with van der Waals surface area (Å²) < 4.78 is 71.1. The van der Waals surface area contributed by atoms with Crippen LogP contribution in [0.2, 0.25) is 0 Å². The van der Waals surface area contributed by atoms with Gasteiger partial charge >= 0.3 is 0 Å². The summed E-state index contributed by atoms with van der Waals surface area (Å²) in [6, 6.07) is 5.91. The Morgan fingerprint density at radius 2 is 2.06 bits per heavy atom. The highest BCUT2D eigenvalue weighted by Crippen LogP contribution is 2.46. The highest BCUT2D eigenvalue weighted by atomic mass is 19.3. The van der Waals surface area contributed by atoms with Crippen molar-refractivity contribution in [1.29, 1.82) is 0 Å². The smallest absolute Gasteiger partial charge is 0.290 e. The number of aromatic nitrogens is 3. The monoisotopic (exact) mass is 469 g/mol. The number of aliphatic hydroxyl groups is 1. The first kappa shape index (κ1) is 22.9. The summed E-state index contributed by atoms with van der Waals surface area (Å²) in [5, 5.41) is 15.6. The number of aliphatic hydroxyl groups excluding tert-OH is 1. The van der Waals surface area contributed by atoms with Gasteiger partial charge in [0.15, 0.2) is 5.65 Å². The van der Waals surface area contributed by atoms with Crippen LogP contribution in [0.15, 0.2) is 30.5 Å². The molecule has 0 saturated heterocycles. The molecule has 2 heterocycles. The zero-order valence-corrected chi connectivity index (χ0v) is 17.3. The summed E-state index contributed by atoms with van der Waals surface area (Å²) in [6.45, 7) is 0.108. The molecule has 176 valence electrons. The first-order valence-electron chi connectivity index (χ1n) is 10.0. The Morgan fingerprint density at radius 1 is 1.36 bits per heavy atom. The molecule has 0 aliphatic heterocycles. The molecule has 1 aromatic carbocycles. The van der Waals surface area contributed by atoms with Crippen molar-refractivity contribution in [3.63, 3.8) is 0 Å². The van der Waals surface area contributed by atoms with Crippen molar-refractivity contribution in [2.45, 2.75) is 37.7 Å². The van der Waals surface area contributed by atoms with Gasteiger partial charge in [0.25, 0.3) is 11.8 Å². The van der Waals surface area contributed by atoms with E-state index in [9.17, 15) is 27.5 Å². The van der Waals surface area contributed by atoms with Gasteiger partial charge in [-0.05, 0) is 30.2 Å². The Morgan fingerprint density at radius 3 is 2.73 bits per heavy atom. The molecule has 1 unspecified atom stereocenters. The van der Waals surface area contributed by atoms with Crippen LogP contribution in [0.4, 0.5) is 27.9 Å². The molecule has 4 N–H and O–H groups in total. The molecule has 1 amide bonds. The van der Waals surface area contributed by atoms with Gasteiger partial charge in [-0.3, -0.25) is 4.79 Å². The van der Waals surface area contributed by atoms with Crippen molar-refractivity contribution in [1.82, 2.24) is 19.9 Å². The number of aryl methyl sites for hydroxylation is 1. The fraction of sp³-hybridized carbons (Fsp3) is 0.381. The van der Waals surface area contributed by atoms with Crippen molar-refractivity contribution in [2.75, 3.05) is 12.3 Å². The number of pyridine rings is 1. The second-order valence-electron chi connectivity index (χ2n) is 8.22. The molecule has 12 heteroatoms. The van der Waals surface area contributed by atoms with E-state index in [1.54, 1.807) is 0 Å². The lowest BCUT2D eigenvalue weighted by Crippen LogP contribution is -2.53. The maximum Gasteiger partial charge on any atom is 0.290 e. The SMILES string of the molecule is Cc1ccc(-c2ccn3nc(N)nc3c2)c(F)c1C(=O)NCC(F)(F)C(O)C1CC(F)(F)C1. The molecule has 1 aliphatic carbocycles. The van der Waals surface area contributed by atoms with Crippen molar-refractivity contribution < 1.29 is 31.9 Å². The predicted molar refractivity (Wildman–Crippen MR) is 108 cm³/mol. The third-order valence-corrected chi connectivity index (χ3v) is 5.73. The Balaban J connectivity index is 1.54. The number of carbonyl (C=O) groups is 1. The normalized spacial score (nSPS) is 17.1. The summed E-state index contributed by atoms with van der Waals surface area (Å²) >= 11 is 0. The molecule has 7 nitrogen and oxygen atoms in total. The van der Waals surface area contributed by atoms with Crippen LogP contribution in [0.25, 0.3) is 16.8 Å². The number of alkyl halides is 4. The number of nitrogens with two attached hydrogens (primary N) is 1. The summed E-state index contributed by atoms with van der Waals surface area (Å²) in [6.07, 6.45) is -2.55. The fourth-order valence-corrected chi connectivity index (χ4v) is 3.91. The fourth-order valence-electron chi connectivity index (χ4n) is 3.91.